The van der Waals surface area contributed by atoms with E-state index in [4.69, 9.17) is 0 Å². The monoisotopic (exact) mass is 291 g/mol. The molecule has 0 fully saturated rings. The van der Waals surface area contributed by atoms with Crippen molar-refractivity contribution in [3.8, 4) is 0 Å². The summed E-state index contributed by atoms with van der Waals surface area (Å²) in [7, 11) is 0. The van der Waals surface area contributed by atoms with Crippen LogP contribution < -0.4 is 5.32 Å². The lowest BCUT2D eigenvalue weighted by molar-refractivity contribution is -0.138. The number of nitrogens with zero attached hydrogens (tertiary/aromatic N) is 2. The Morgan fingerprint density at radius 2 is 1.95 bits per heavy atom. The van der Waals surface area contributed by atoms with Crippen molar-refractivity contribution >= 4 is 5.91 Å². The fourth-order valence-corrected chi connectivity index (χ4v) is 1.94. The number of alkyl halides is 3. The summed E-state index contributed by atoms with van der Waals surface area (Å²) in [6, 6.07) is 0. The normalized spacial score (nSPS) is 12.0. The number of hydrogen-bond acceptors (Lipinski definition) is 2. The van der Waals surface area contributed by atoms with E-state index in [1.54, 1.807) is 11.6 Å². The van der Waals surface area contributed by atoms with Gasteiger partial charge >= 0.3 is 6.18 Å². The Kier molecular flexibility index (Phi) is 5.19. The van der Waals surface area contributed by atoms with Crippen molar-refractivity contribution in [1.82, 2.24) is 15.1 Å². The van der Waals surface area contributed by atoms with E-state index in [1.165, 1.54) is 0 Å². The molecule has 0 aliphatic rings. The number of aromatic nitrogens is 2. The van der Waals surface area contributed by atoms with Gasteiger partial charge in [-0.15, -0.1) is 0 Å². The first-order valence-corrected chi connectivity index (χ1v) is 6.46. The molecule has 4 nitrogen and oxygen atoms in total. The van der Waals surface area contributed by atoms with Crippen molar-refractivity contribution in [2.45, 2.75) is 46.8 Å². The van der Waals surface area contributed by atoms with E-state index in [1.807, 2.05) is 26.1 Å². The maximum absolute atomic E-state index is 12.0. The second-order valence-corrected chi connectivity index (χ2v) is 5.29. The standard InChI is InChI=1S/C13H20F3N3O/c1-8(2)6-19-10(4)11(9(3)18-19)5-12(20)17-7-13(14,15)16/h8H,5-7H2,1-4H3,(H,17,20). The zero-order chi connectivity index (χ0) is 15.5. The first-order valence-electron chi connectivity index (χ1n) is 6.46. The zero-order valence-electron chi connectivity index (χ0n) is 12.1. The maximum atomic E-state index is 12.0. The molecule has 7 heteroatoms. The predicted molar refractivity (Wildman–Crippen MR) is 69.3 cm³/mol. The number of carbonyl (C=O) groups excluding carboxylic acids is 1. The van der Waals surface area contributed by atoms with E-state index in [0.717, 1.165) is 12.2 Å². The molecule has 1 heterocycles. The highest BCUT2D eigenvalue weighted by Gasteiger charge is 2.28. The van der Waals surface area contributed by atoms with E-state index >= 15 is 0 Å². The molecule has 1 amide bonds. The highest BCUT2D eigenvalue weighted by atomic mass is 19.4. The van der Waals surface area contributed by atoms with Crippen molar-refractivity contribution in [2.24, 2.45) is 5.92 Å². The van der Waals surface area contributed by atoms with Gasteiger partial charge in [0, 0.05) is 17.8 Å². The fraction of sp³-hybridized carbons (Fsp3) is 0.692. The van der Waals surface area contributed by atoms with Crippen LogP contribution in [0.25, 0.3) is 0 Å². The second kappa shape index (κ2) is 6.28. The van der Waals surface area contributed by atoms with Gasteiger partial charge in [-0.25, -0.2) is 0 Å². The molecule has 0 bridgehead atoms. The summed E-state index contributed by atoms with van der Waals surface area (Å²) in [5, 5.41) is 6.20. The van der Waals surface area contributed by atoms with Crippen LogP contribution in [0.1, 0.15) is 30.8 Å². The fourth-order valence-electron chi connectivity index (χ4n) is 1.94. The van der Waals surface area contributed by atoms with Crippen molar-refractivity contribution in [2.75, 3.05) is 6.54 Å². The lowest BCUT2D eigenvalue weighted by Gasteiger charge is -2.09. The number of carbonyl (C=O) groups is 1. The molecule has 1 aromatic heterocycles. The summed E-state index contributed by atoms with van der Waals surface area (Å²) in [4.78, 5) is 11.5. The molecule has 0 unspecified atom stereocenters. The molecule has 0 aliphatic carbocycles. The number of hydrogen-bond donors (Lipinski definition) is 1. The van der Waals surface area contributed by atoms with E-state index in [0.29, 0.717) is 17.2 Å². The SMILES string of the molecule is Cc1nn(CC(C)C)c(C)c1CC(=O)NCC(F)(F)F. The molecule has 1 rings (SSSR count). The van der Waals surface area contributed by atoms with Gasteiger partial charge in [0.15, 0.2) is 0 Å². The average Bonchev–Trinajstić information content (AvgIpc) is 2.53. The molecule has 114 valence electrons. The number of nitrogens with one attached hydrogen (secondary N) is 1. The smallest absolute Gasteiger partial charge is 0.347 e. The second-order valence-electron chi connectivity index (χ2n) is 5.29. The molecule has 1 aromatic rings. The minimum absolute atomic E-state index is 0.0775. The molecule has 0 aromatic carbocycles. The molecule has 0 atom stereocenters. The Bertz CT molecular complexity index is 478. The molecule has 1 N–H and O–H groups in total. The highest BCUT2D eigenvalue weighted by Crippen LogP contribution is 2.16. The van der Waals surface area contributed by atoms with Gasteiger partial charge in [0.05, 0.1) is 12.1 Å². The summed E-state index contributed by atoms with van der Waals surface area (Å²) in [5.41, 5.74) is 2.22. The number of aryl methyl sites for hydroxylation is 1. The van der Waals surface area contributed by atoms with Gasteiger partial charge < -0.3 is 5.32 Å². The zero-order valence-corrected chi connectivity index (χ0v) is 12.1. The Morgan fingerprint density at radius 3 is 2.45 bits per heavy atom. The molecule has 20 heavy (non-hydrogen) atoms. The molecule has 0 aliphatic heterocycles. The number of halogens is 3. The third kappa shape index (κ3) is 4.86. The summed E-state index contributed by atoms with van der Waals surface area (Å²) in [6.45, 7) is 7.10. The Hall–Kier alpha value is -1.53. The molecular weight excluding hydrogens is 271 g/mol. The summed E-state index contributed by atoms with van der Waals surface area (Å²) >= 11 is 0. The van der Waals surface area contributed by atoms with Gasteiger partial charge in [-0.05, 0) is 19.8 Å². The molecule has 0 radical (unpaired) electrons. The Balaban J connectivity index is 2.73. The molecule has 0 saturated carbocycles. The largest absolute Gasteiger partial charge is 0.405 e. The van der Waals surface area contributed by atoms with Gasteiger partial charge in [0.25, 0.3) is 0 Å². The van der Waals surface area contributed by atoms with Crippen molar-refractivity contribution in [1.29, 1.82) is 0 Å². The number of amides is 1. The predicted octanol–water partition coefficient (Wildman–Crippen LogP) is 2.38. The van der Waals surface area contributed by atoms with E-state index in [2.05, 4.69) is 5.10 Å². The van der Waals surface area contributed by atoms with Crippen molar-refractivity contribution < 1.29 is 18.0 Å². The number of rotatable bonds is 5. The van der Waals surface area contributed by atoms with Gasteiger partial charge in [-0.3, -0.25) is 9.48 Å². The van der Waals surface area contributed by atoms with Crippen LogP contribution in [0.3, 0.4) is 0 Å². The molecular formula is C13H20F3N3O. The summed E-state index contributed by atoms with van der Waals surface area (Å²) in [6.07, 6.45) is -4.46. The van der Waals surface area contributed by atoms with E-state index < -0.39 is 18.6 Å². The third-order valence-electron chi connectivity index (χ3n) is 2.89. The van der Waals surface area contributed by atoms with Crippen LogP contribution in [-0.2, 0) is 17.8 Å². The summed E-state index contributed by atoms with van der Waals surface area (Å²) in [5.74, 6) is -0.238. The van der Waals surface area contributed by atoms with Crippen LogP contribution in [0.2, 0.25) is 0 Å². The van der Waals surface area contributed by atoms with Crippen LogP contribution in [0, 0.1) is 19.8 Å². The average molecular weight is 291 g/mol. The van der Waals surface area contributed by atoms with Crippen LogP contribution in [0.4, 0.5) is 13.2 Å². The van der Waals surface area contributed by atoms with E-state index in [9.17, 15) is 18.0 Å². The Morgan fingerprint density at radius 1 is 1.35 bits per heavy atom. The van der Waals surface area contributed by atoms with Gasteiger partial charge in [-0.2, -0.15) is 18.3 Å². The first-order chi connectivity index (χ1) is 9.10. The summed E-state index contributed by atoms with van der Waals surface area (Å²) < 4.78 is 37.9. The van der Waals surface area contributed by atoms with Crippen LogP contribution >= 0.6 is 0 Å². The lowest BCUT2D eigenvalue weighted by atomic mass is 10.1. The van der Waals surface area contributed by atoms with Gasteiger partial charge in [-0.1, -0.05) is 13.8 Å². The van der Waals surface area contributed by atoms with E-state index in [-0.39, 0.29) is 6.42 Å². The van der Waals surface area contributed by atoms with Gasteiger partial charge in [0.2, 0.25) is 5.91 Å². The molecule has 0 spiro atoms. The minimum Gasteiger partial charge on any atom is -0.347 e. The maximum Gasteiger partial charge on any atom is 0.405 e. The van der Waals surface area contributed by atoms with Crippen molar-refractivity contribution in [3.63, 3.8) is 0 Å². The highest BCUT2D eigenvalue weighted by molar-refractivity contribution is 5.79. The lowest BCUT2D eigenvalue weighted by Crippen LogP contribution is -2.34. The molecule has 0 saturated heterocycles. The van der Waals surface area contributed by atoms with Crippen LogP contribution in [0.5, 0.6) is 0 Å². The topological polar surface area (TPSA) is 46.9 Å². The van der Waals surface area contributed by atoms with Crippen LogP contribution in [-0.4, -0.2) is 28.4 Å². The third-order valence-corrected chi connectivity index (χ3v) is 2.89. The quantitative estimate of drug-likeness (QED) is 0.905. The first kappa shape index (κ1) is 16.5. The Labute approximate surface area is 116 Å². The van der Waals surface area contributed by atoms with Gasteiger partial charge in [0.1, 0.15) is 6.54 Å². The minimum atomic E-state index is -4.39. The van der Waals surface area contributed by atoms with Crippen LogP contribution in [0.15, 0.2) is 0 Å². The van der Waals surface area contributed by atoms with Crippen molar-refractivity contribution in [3.05, 3.63) is 17.0 Å².